The van der Waals surface area contributed by atoms with Gasteiger partial charge in [-0.15, -0.1) is 5.60 Å². The van der Waals surface area contributed by atoms with Crippen LogP contribution in [0, 0.1) is 0 Å². The molecule has 0 spiro atoms. The molecule has 0 aromatic carbocycles. The Hall–Kier alpha value is 1.21. The molecule has 1 saturated carbocycles. The minimum Gasteiger partial charge on any atom is -1.00 e. The Bertz CT molecular complexity index is 145. The van der Waals surface area contributed by atoms with Crippen molar-refractivity contribution in [2.24, 2.45) is 0 Å². The van der Waals surface area contributed by atoms with Gasteiger partial charge < -0.3 is 22.1 Å². The van der Waals surface area contributed by atoms with Crippen molar-refractivity contribution in [3.8, 4) is 0 Å². The summed E-state index contributed by atoms with van der Waals surface area (Å²) in [6.45, 7) is 2.22. The van der Waals surface area contributed by atoms with Gasteiger partial charge in [0.15, 0.2) is 0 Å². The number of hydrogen-bond acceptors (Lipinski definition) is 1. The fourth-order valence-electron chi connectivity index (χ4n) is 2.50. The van der Waals surface area contributed by atoms with Crippen molar-refractivity contribution in [1.82, 2.24) is 0 Å². The third-order valence-electron chi connectivity index (χ3n) is 3.50. The van der Waals surface area contributed by atoms with Crippen molar-refractivity contribution in [3.63, 3.8) is 0 Å². The van der Waals surface area contributed by atoms with E-state index in [0.717, 1.165) is 25.7 Å². The van der Waals surface area contributed by atoms with Gasteiger partial charge in [0.25, 0.3) is 0 Å². The third-order valence-corrected chi connectivity index (χ3v) is 3.50. The molecule has 92 valence electrons. The molecular formula is C13H25BrMgO. The summed E-state index contributed by atoms with van der Waals surface area (Å²) in [6.07, 6.45) is 12.8. The van der Waals surface area contributed by atoms with E-state index in [9.17, 15) is 5.11 Å². The molecule has 1 aliphatic carbocycles. The average molecular weight is 302 g/mol. The minimum atomic E-state index is -0.537. The second-order valence-corrected chi connectivity index (χ2v) is 4.91. The van der Waals surface area contributed by atoms with E-state index in [1.54, 1.807) is 0 Å². The van der Waals surface area contributed by atoms with E-state index in [0.29, 0.717) is 0 Å². The molecule has 0 radical (unpaired) electrons. The van der Waals surface area contributed by atoms with Crippen LogP contribution < -0.4 is 22.1 Å². The Morgan fingerprint density at radius 1 is 0.938 bits per heavy atom. The Morgan fingerprint density at radius 3 is 2.00 bits per heavy atom. The van der Waals surface area contributed by atoms with Crippen LogP contribution in [0.2, 0.25) is 0 Å². The normalized spacial score (nSPS) is 19.1. The molecule has 16 heavy (non-hydrogen) atoms. The fraction of sp³-hybridized carbons (Fsp3) is 1.00. The van der Waals surface area contributed by atoms with Gasteiger partial charge in [0.1, 0.15) is 0 Å². The molecule has 1 nitrogen and oxygen atoms in total. The number of rotatable bonds is 5. The van der Waals surface area contributed by atoms with Crippen molar-refractivity contribution < 1.29 is 22.1 Å². The van der Waals surface area contributed by atoms with Crippen LogP contribution in [0.5, 0.6) is 0 Å². The van der Waals surface area contributed by atoms with E-state index in [1.807, 2.05) is 0 Å². The van der Waals surface area contributed by atoms with Gasteiger partial charge in [-0.2, -0.15) is 0 Å². The molecule has 0 bridgehead atoms. The molecule has 0 unspecified atom stereocenters. The van der Waals surface area contributed by atoms with Gasteiger partial charge >= 0.3 is 23.1 Å². The summed E-state index contributed by atoms with van der Waals surface area (Å²) < 4.78 is 0. The molecule has 0 aromatic rings. The monoisotopic (exact) mass is 300 g/mol. The minimum absolute atomic E-state index is 0. The molecule has 0 amide bonds. The van der Waals surface area contributed by atoms with Crippen molar-refractivity contribution >= 4 is 23.1 Å². The summed E-state index contributed by atoms with van der Waals surface area (Å²) in [5.41, 5.74) is -0.537. The Morgan fingerprint density at radius 2 is 1.50 bits per heavy atom. The molecule has 3 heteroatoms. The Kier molecular flexibility index (Phi) is 13.8. The Labute approximate surface area is 128 Å². The van der Waals surface area contributed by atoms with Gasteiger partial charge in [-0.25, -0.2) is 0 Å². The van der Waals surface area contributed by atoms with Crippen LogP contribution in [-0.4, -0.2) is 28.7 Å². The zero-order chi connectivity index (χ0) is 10.3. The van der Waals surface area contributed by atoms with Gasteiger partial charge in [0.05, 0.1) is 0 Å². The summed E-state index contributed by atoms with van der Waals surface area (Å²) >= 11 is 0. The van der Waals surface area contributed by atoms with E-state index in [-0.39, 0.29) is 40.0 Å². The van der Waals surface area contributed by atoms with Crippen LogP contribution in [0.25, 0.3) is 0 Å². The molecule has 1 fully saturated rings. The van der Waals surface area contributed by atoms with Crippen LogP contribution in [-0.2, 0) is 0 Å². The summed E-state index contributed by atoms with van der Waals surface area (Å²) in [4.78, 5) is 0. The van der Waals surface area contributed by atoms with E-state index in [2.05, 4.69) is 6.92 Å². The van der Waals surface area contributed by atoms with Gasteiger partial charge in [0, 0.05) is 0 Å². The predicted octanol–water partition coefficient (Wildman–Crippen LogP) is 0.0333. The zero-order valence-corrected chi connectivity index (χ0v) is 13.8. The topological polar surface area (TPSA) is 23.1 Å². The number of unbranched alkanes of at least 4 members (excludes halogenated alkanes) is 3. The summed E-state index contributed by atoms with van der Waals surface area (Å²) in [5.74, 6) is 0. The standard InChI is InChI=1S/C13H25O.BrH.Mg/c1-2-3-4-7-10-13(14)11-8-5-6-9-12-13;;/h2-12H2,1H3;1H;/q-1;;+2/p-1. The summed E-state index contributed by atoms with van der Waals surface area (Å²) in [6, 6.07) is 0. The van der Waals surface area contributed by atoms with Crippen LogP contribution in [0.15, 0.2) is 0 Å². The van der Waals surface area contributed by atoms with E-state index < -0.39 is 5.60 Å². The molecule has 1 rings (SSSR count). The van der Waals surface area contributed by atoms with Gasteiger partial charge in [-0.3, -0.25) is 0 Å². The smallest absolute Gasteiger partial charge is 1.00 e. The second-order valence-electron chi connectivity index (χ2n) is 4.91. The first-order valence-corrected chi connectivity index (χ1v) is 6.47. The zero-order valence-electron chi connectivity index (χ0n) is 10.8. The predicted molar refractivity (Wildman–Crippen MR) is 64.9 cm³/mol. The van der Waals surface area contributed by atoms with Crippen LogP contribution in [0.4, 0.5) is 0 Å². The molecule has 0 saturated heterocycles. The number of halogens is 1. The average Bonchev–Trinajstić information content (AvgIpc) is 2.39. The fourth-order valence-corrected chi connectivity index (χ4v) is 2.50. The molecule has 1 aliphatic rings. The Balaban J connectivity index is 0. The SMILES string of the molecule is CCCCCCC1([O-])CCCCCC1.[Br-].[Mg+2]. The van der Waals surface area contributed by atoms with E-state index >= 15 is 0 Å². The van der Waals surface area contributed by atoms with Crippen molar-refractivity contribution in [1.29, 1.82) is 0 Å². The first-order chi connectivity index (χ1) is 6.77. The second kappa shape index (κ2) is 11.3. The quantitative estimate of drug-likeness (QED) is 0.399. The third kappa shape index (κ3) is 8.32. The van der Waals surface area contributed by atoms with E-state index in [1.165, 1.54) is 44.9 Å². The van der Waals surface area contributed by atoms with Crippen LogP contribution in [0.1, 0.15) is 77.6 Å². The molecule has 0 aromatic heterocycles. The molecule has 0 heterocycles. The van der Waals surface area contributed by atoms with Gasteiger partial charge in [-0.1, -0.05) is 77.6 Å². The van der Waals surface area contributed by atoms with Crippen molar-refractivity contribution in [2.75, 3.05) is 0 Å². The first-order valence-electron chi connectivity index (χ1n) is 6.47. The largest absolute Gasteiger partial charge is 2.00 e. The van der Waals surface area contributed by atoms with Crippen LogP contribution in [0.3, 0.4) is 0 Å². The summed E-state index contributed by atoms with van der Waals surface area (Å²) in [7, 11) is 0. The molecule has 0 N–H and O–H groups in total. The van der Waals surface area contributed by atoms with Gasteiger partial charge in [-0.05, 0) is 0 Å². The van der Waals surface area contributed by atoms with E-state index in [4.69, 9.17) is 0 Å². The summed E-state index contributed by atoms with van der Waals surface area (Å²) in [5, 5.41) is 12.3. The van der Waals surface area contributed by atoms with Crippen molar-refractivity contribution in [3.05, 3.63) is 0 Å². The molecular weight excluding hydrogens is 276 g/mol. The first kappa shape index (κ1) is 19.5. The molecule has 0 atom stereocenters. The maximum absolute atomic E-state index is 12.3. The van der Waals surface area contributed by atoms with Gasteiger partial charge in [0.2, 0.25) is 0 Å². The maximum Gasteiger partial charge on any atom is 2.00 e. The number of hydrogen-bond donors (Lipinski definition) is 0. The maximum atomic E-state index is 12.3. The van der Waals surface area contributed by atoms with Crippen molar-refractivity contribution in [2.45, 2.75) is 83.2 Å². The van der Waals surface area contributed by atoms with Crippen LogP contribution >= 0.6 is 0 Å². The molecule has 0 aliphatic heterocycles.